The molecule has 0 aliphatic carbocycles. The highest BCUT2D eigenvalue weighted by molar-refractivity contribution is 6.31. The highest BCUT2D eigenvalue weighted by atomic mass is 35.5. The van der Waals surface area contributed by atoms with Crippen LogP contribution in [-0.4, -0.2) is 131 Å². The van der Waals surface area contributed by atoms with Gasteiger partial charge in [0.15, 0.2) is 0 Å². The van der Waals surface area contributed by atoms with Gasteiger partial charge in [-0.15, -0.1) is 0 Å². The van der Waals surface area contributed by atoms with Gasteiger partial charge in [0.05, 0.1) is 37.2 Å². The number of benzene rings is 4. The third-order valence-electron chi connectivity index (χ3n) is 25.3. The molecule has 0 radical (unpaired) electrons. The number of rotatable bonds is 12. The standard InChI is InChI=1S/C23H27N3O.2C22H23ClFN3O.C22H24FN3O/c1-16-7-8-19-18(13-16)22-20-6-4-11-25(20)12-9-21(22)26(19)15-23(2,27)17-5-3-10-24-14-17;1-22(28,14-4-2-7-25-12-14)13-27-19-6-9-26-8-3-5-18(26)20(19)16-10-15(23)11-17(24)21(16)27;1-22(28,14-4-7-25-8-5-14)13-27-19-6-10-26-9-2-3-18(26)20(19)16-11-15(23)12-17(24)21(16)27;1-22(27,15-4-2-9-24-13-15)14-26-18-7-6-16(23)12-17(18)21-19-5-3-10-25(19)11-8-20(21)26/h3,5,7-8,10,13-14,20,27H,4,6,9,11-12,15H2,1-2H3;2,4,7,10-12,18,28H,3,5-6,8-9,13H2,1H3;4-5,7-8,11-12,18,28H,2-3,6,9-10,13H2,1H3;2,4,6-7,9,12-13,19,27H,3,5,8,10-11,14H2,1H3. The number of aromatic nitrogens is 8. The molecule has 8 aliphatic heterocycles. The maximum Gasteiger partial charge on any atom is 0.148 e. The molecule has 4 aromatic carbocycles. The second-order valence-corrected chi connectivity index (χ2v) is 33.7. The van der Waals surface area contributed by atoms with E-state index >= 15 is 8.78 Å². The number of fused-ring (bicyclic) bond motifs is 20. The molecule has 12 aromatic rings. The van der Waals surface area contributed by atoms with E-state index in [1.807, 2.05) is 89.7 Å². The summed E-state index contributed by atoms with van der Waals surface area (Å²) in [6.45, 7) is 19.6. The average molecular weight is 1530 g/mol. The molecule has 8 unspecified atom stereocenters. The van der Waals surface area contributed by atoms with Crippen molar-refractivity contribution in [3.63, 3.8) is 0 Å². The van der Waals surface area contributed by atoms with Crippen molar-refractivity contribution >= 4 is 66.8 Å². The van der Waals surface area contributed by atoms with Crippen molar-refractivity contribution in [3.05, 3.63) is 259 Å². The van der Waals surface area contributed by atoms with Crippen molar-refractivity contribution in [1.29, 1.82) is 0 Å². The van der Waals surface area contributed by atoms with Gasteiger partial charge in [-0.25, -0.2) is 13.2 Å². The molecule has 572 valence electrons. The topological polar surface area (TPSA) is 165 Å². The Morgan fingerprint density at radius 2 is 0.727 bits per heavy atom. The summed E-state index contributed by atoms with van der Waals surface area (Å²) in [6.07, 6.45) is 26.7. The maximum absolute atomic E-state index is 15.1. The first-order valence-corrected chi connectivity index (χ1v) is 40.2. The van der Waals surface area contributed by atoms with Crippen LogP contribution < -0.4 is 0 Å². The molecule has 4 fully saturated rings. The van der Waals surface area contributed by atoms with Crippen molar-refractivity contribution in [3.8, 4) is 0 Å². The van der Waals surface area contributed by atoms with Gasteiger partial charge in [-0.1, -0.05) is 53.0 Å². The Morgan fingerprint density at radius 3 is 1.11 bits per heavy atom. The van der Waals surface area contributed by atoms with Gasteiger partial charge in [0.2, 0.25) is 0 Å². The number of aryl methyl sites for hydroxylation is 1. The molecule has 4 saturated heterocycles. The molecule has 8 atom stereocenters. The lowest BCUT2D eigenvalue weighted by atomic mass is 9.95. The number of pyridine rings is 4. The molecule has 16 nitrogen and oxygen atoms in total. The molecular weight excluding hydrogens is 1430 g/mol. The highest BCUT2D eigenvalue weighted by Gasteiger charge is 2.43. The zero-order valence-corrected chi connectivity index (χ0v) is 64.8. The van der Waals surface area contributed by atoms with Crippen molar-refractivity contribution in [2.45, 2.75) is 184 Å². The van der Waals surface area contributed by atoms with Crippen molar-refractivity contribution in [2.24, 2.45) is 0 Å². The fourth-order valence-corrected chi connectivity index (χ4v) is 20.6. The quantitative estimate of drug-likeness (QED) is 0.0916. The van der Waals surface area contributed by atoms with Crippen LogP contribution in [0.25, 0.3) is 43.6 Å². The molecule has 21 heteroatoms. The molecule has 4 N–H and O–H groups in total. The number of halogens is 5. The van der Waals surface area contributed by atoms with Crippen LogP contribution in [0, 0.1) is 24.4 Å². The SMILES string of the molecule is CC(O)(Cn1c2c(c3cc(Cl)cc(F)c31)C1CCCN1CC2)c1cccnc1.CC(O)(Cn1c2c(c3cc(Cl)cc(F)c31)C1CCCN1CC2)c1ccncc1.CC(O)(Cn1c2c(c3cc(F)ccc31)C1CCCN1CC2)c1cccnc1.Cc1ccc2c(c1)c1c(n2CC(C)(O)c2cccnc2)CCN2CCCC12. The van der Waals surface area contributed by atoms with E-state index in [-0.39, 0.29) is 30.5 Å². The van der Waals surface area contributed by atoms with E-state index in [4.69, 9.17) is 23.2 Å². The smallest absolute Gasteiger partial charge is 0.148 e. The monoisotopic (exact) mass is 1520 g/mol. The van der Waals surface area contributed by atoms with Crippen LogP contribution in [0.4, 0.5) is 13.2 Å². The van der Waals surface area contributed by atoms with E-state index in [2.05, 4.69) is 73.8 Å². The predicted octanol–water partition coefficient (Wildman–Crippen LogP) is 16.6. The van der Waals surface area contributed by atoms with Gasteiger partial charge in [-0.2, -0.15) is 0 Å². The third-order valence-corrected chi connectivity index (χ3v) is 25.8. The minimum Gasteiger partial charge on any atom is -0.384 e. The molecule has 20 rings (SSSR count). The van der Waals surface area contributed by atoms with Gasteiger partial charge in [0.1, 0.15) is 39.9 Å². The molecule has 16 heterocycles. The Morgan fingerprint density at radius 1 is 0.382 bits per heavy atom. The van der Waals surface area contributed by atoms with Crippen LogP contribution in [-0.2, 0) is 74.3 Å². The largest absolute Gasteiger partial charge is 0.384 e. The lowest BCUT2D eigenvalue weighted by Gasteiger charge is -2.32. The fourth-order valence-electron chi connectivity index (χ4n) is 20.2. The van der Waals surface area contributed by atoms with Crippen LogP contribution in [0.15, 0.2) is 159 Å². The summed E-state index contributed by atoms with van der Waals surface area (Å²) < 4.78 is 52.9. The molecule has 0 saturated carbocycles. The van der Waals surface area contributed by atoms with E-state index in [1.54, 1.807) is 69.5 Å². The van der Waals surface area contributed by atoms with Gasteiger partial charge >= 0.3 is 0 Å². The maximum atomic E-state index is 15.1. The van der Waals surface area contributed by atoms with Gasteiger partial charge in [0, 0.05) is 208 Å². The van der Waals surface area contributed by atoms with Crippen LogP contribution in [0.3, 0.4) is 0 Å². The molecule has 0 bridgehead atoms. The molecule has 8 aliphatic rings. The first kappa shape index (κ1) is 74.4. The minimum absolute atomic E-state index is 0.198. The Labute approximate surface area is 650 Å². The molecule has 8 aromatic heterocycles. The minimum atomic E-state index is -1.16. The Bertz CT molecular complexity index is 5080. The van der Waals surface area contributed by atoms with E-state index in [0.29, 0.717) is 58.3 Å². The summed E-state index contributed by atoms with van der Waals surface area (Å²) in [5, 5.41) is 50.0. The second-order valence-electron chi connectivity index (χ2n) is 32.9. The Kier molecular flexibility index (Phi) is 20.1. The molecular formula is C89H97Cl2F3N12O4. The first-order valence-electron chi connectivity index (χ1n) is 39.4. The van der Waals surface area contributed by atoms with Crippen LogP contribution >= 0.6 is 23.2 Å². The molecule has 0 amide bonds. The van der Waals surface area contributed by atoms with Crippen molar-refractivity contribution in [1.82, 2.24) is 57.8 Å². The number of hydrogen-bond donors (Lipinski definition) is 4. The molecule has 0 spiro atoms. The highest BCUT2D eigenvalue weighted by Crippen LogP contribution is 2.50. The predicted molar refractivity (Wildman–Crippen MR) is 427 cm³/mol. The van der Waals surface area contributed by atoms with E-state index in [1.165, 1.54) is 94.1 Å². The summed E-state index contributed by atoms with van der Waals surface area (Å²) in [5.41, 5.74) is 13.6. The van der Waals surface area contributed by atoms with Crippen molar-refractivity contribution in [2.75, 3.05) is 52.4 Å². The first-order chi connectivity index (χ1) is 53.0. The van der Waals surface area contributed by atoms with E-state index in [9.17, 15) is 24.8 Å². The van der Waals surface area contributed by atoms with E-state index in [0.717, 1.165) is 159 Å². The van der Waals surface area contributed by atoms with Gasteiger partial charge < -0.3 is 38.7 Å². The second kappa shape index (κ2) is 29.7. The average Bonchev–Trinajstić information content (AvgIpc) is 1.59. The summed E-state index contributed by atoms with van der Waals surface area (Å²) in [7, 11) is 0. The number of aliphatic hydroxyl groups is 4. The molecule has 110 heavy (non-hydrogen) atoms. The summed E-state index contributed by atoms with van der Waals surface area (Å²) in [5.74, 6) is -0.855. The third kappa shape index (κ3) is 13.8. The summed E-state index contributed by atoms with van der Waals surface area (Å²) >= 11 is 12.5. The summed E-state index contributed by atoms with van der Waals surface area (Å²) in [6, 6.07) is 34.8. The van der Waals surface area contributed by atoms with Crippen LogP contribution in [0.1, 0.15) is 176 Å². The Hall–Kier alpha value is -8.31. The van der Waals surface area contributed by atoms with Gasteiger partial charge in [0.25, 0.3) is 0 Å². The van der Waals surface area contributed by atoms with Gasteiger partial charge in [-0.3, -0.25) is 39.5 Å². The van der Waals surface area contributed by atoms with Crippen LogP contribution in [0.2, 0.25) is 10.0 Å². The Balaban J connectivity index is 0.000000107. The lowest BCUT2D eigenvalue weighted by molar-refractivity contribution is 0.0375. The van der Waals surface area contributed by atoms with E-state index < -0.39 is 22.4 Å². The van der Waals surface area contributed by atoms with Gasteiger partial charge in [-0.05, 0) is 225 Å². The zero-order chi connectivity index (χ0) is 76.1. The number of hydrogen-bond acceptors (Lipinski definition) is 12. The van der Waals surface area contributed by atoms with Crippen molar-refractivity contribution < 1.29 is 33.6 Å². The summed E-state index contributed by atoms with van der Waals surface area (Å²) in [4.78, 5) is 26.7. The number of nitrogens with zero attached hydrogens (tertiary/aromatic N) is 12. The van der Waals surface area contributed by atoms with Crippen LogP contribution in [0.5, 0.6) is 0 Å². The fraction of sp³-hybridized carbons (Fsp3) is 0.416. The lowest BCUT2D eigenvalue weighted by Crippen LogP contribution is -2.33. The normalized spacial score (nSPS) is 21.7. The zero-order valence-electron chi connectivity index (χ0n) is 63.3.